The third kappa shape index (κ3) is 3.02. The van der Waals surface area contributed by atoms with Crippen LogP contribution >= 0.6 is 0 Å². The minimum Gasteiger partial charge on any atom is -0.295 e. The van der Waals surface area contributed by atoms with Crippen molar-refractivity contribution in [2.75, 3.05) is 0 Å². The van der Waals surface area contributed by atoms with Gasteiger partial charge in [-0.15, -0.1) is 10.2 Å². The van der Waals surface area contributed by atoms with Crippen molar-refractivity contribution < 1.29 is 4.92 Å². The van der Waals surface area contributed by atoms with Crippen LogP contribution in [0.2, 0.25) is 0 Å². The Labute approximate surface area is 128 Å². The Bertz CT molecular complexity index is 912. The van der Waals surface area contributed by atoms with E-state index >= 15 is 0 Å². The highest BCUT2D eigenvalue weighted by Gasteiger charge is 2.13. The molecule has 0 spiro atoms. The number of nitro benzene ring substituents is 1. The summed E-state index contributed by atoms with van der Waals surface area (Å²) in [7, 11) is 0. The minimum atomic E-state index is -0.493. The average Bonchev–Trinajstić information content (AvgIpc) is 2.95. The van der Waals surface area contributed by atoms with Gasteiger partial charge in [0.15, 0.2) is 5.69 Å². The second-order valence-corrected chi connectivity index (χ2v) is 4.52. The molecule has 114 valence electrons. The molecule has 0 aliphatic rings. The lowest BCUT2D eigenvalue weighted by molar-refractivity contribution is -0.384. The van der Waals surface area contributed by atoms with Gasteiger partial charge in [-0.25, -0.2) is 0 Å². The number of H-pyrrole nitrogens is 2. The van der Waals surface area contributed by atoms with Gasteiger partial charge in [0.05, 0.1) is 16.8 Å². The van der Waals surface area contributed by atoms with Gasteiger partial charge in [-0.1, -0.05) is 0 Å². The van der Waals surface area contributed by atoms with Crippen LogP contribution in [0.25, 0.3) is 11.3 Å². The van der Waals surface area contributed by atoms with Crippen molar-refractivity contribution >= 4 is 17.1 Å². The monoisotopic (exact) mass is 310 g/mol. The SMILES string of the molecule is O=c1[nH][nH]c(-c2ccc([N+](=O)[O-])cc2)c1N=Nc1cccnc1. The molecule has 1 aromatic carbocycles. The molecular weight excluding hydrogens is 300 g/mol. The molecule has 0 saturated heterocycles. The molecule has 0 aliphatic heterocycles. The third-order valence-electron chi connectivity index (χ3n) is 3.03. The van der Waals surface area contributed by atoms with Gasteiger partial charge in [0.2, 0.25) is 0 Å². The molecular formula is C14H10N6O3. The highest BCUT2D eigenvalue weighted by atomic mass is 16.6. The Balaban J connectivity index is 1.97. The second kappa shape index (κ2) is 6.02. The van der Waals surface area contributed by atoms with E-state index in [9.17, 15) is 14.9 Å². The normalized spacial score (nSPS) is 11.0. The molecule has 9 heteroatoms. The molecule has 0 aliphatic carbocycles. The molecule has 2 N–H and O–H groups in total. The second-order valence-electron chi connectivity index (χ2n) is 4.52. The molecule has 2 heterocycles. The summed E-state index contributed by atoms with van der Waals surface area (Å²) in [5, 5.41) is 23.7. The van der Waals surface area contributed by atoms with Crippen molar-refractivity contribution in [2.45, 2.75) is 0 Å². The number of rotatable bonds is 4. The van der Waals surface area contributed by atoms with E-state index in [-0.39, 0.29) is 11.4 Å². The number of azo groups is 1. The molecule has 0 fully saturated rings. The number of hydrogen-bond donors (Lipinski definition) is 2. The Morgan fingerprint density at radius 2 is 1.87 bits per heavy atom. The minimum absolute atomic E-state index is 0.0369. The Morgan fingerprint density at radius 1 is 1.09 bits per heavy atom. The Hall–Kier alpha value is -3.62. The fraction of sp³-hybridized carbons (Fsp3) is 0. The lowest BCUT2D eigenvalue weighted by atomic mass is 10.1. The Kier molecular flexibility index (Phi) is 3.75. The van der Waals surface area contributed by atoms with Gasteiger partial charge in [0.1, 0.15) is 5.69 Å². The summed E-state index contributed by atoms with van der Waals surface area (Å²) in [5.74, 6) is 0. The van der Waals surface area contributed by atoms with E-state index in [0.29, 0.717) is 16.9 Å². The van der Waals surface area contributed by atoms with Crippen LogP contribution in [0.1, 0.15) is 0 Å². The van der Waals surface area contributed by atoms with Crippen LogP contribution in [-0.2, 0) is 0 Å². The smallest absolute Gasteiger partial charge is 0.292 e. The van der Waals surface area contributed by atoms with Crippen LogP contribution in [0.3, 0.4) is 0 Å². The van der Waals surface area contributed by atoms with Crippen LogP contribution in [0, 0.1) is 10.1 Å². The van der Waals surface area contributed by atoms with Crippen LogP contribution in [0.5, 0.6) is 0 Å². The van der Waals surface area contributed by atoms with E-state index in [1.54, 1.807) is 18.3 Å². The fourth-order valence-corrected chi connectivity index (χ4v) is 1.93. The zero-order valence-electron chi connectivity index (χ0n) is 11.6. The number of aromatic nitrogens is 3. The number of pyridine rings is 1. The molecule has 0 unspecified atom stereocenters. The quantitative estimate of drug-likeness (QED) is 0.435. The van der Waals surface area contributed by atoms with Crippen molar-refractivity contribution in [2.24, 2.45) is 10.2 Å². The first-order valence-electron chi connectivity index (χ1n) is 6.52. The molecule has 0 amide bonds. The summed E-state index contributed by atoms with van der Waals surface area (Å²) in [4.78, 5) is 25.9. The number of benzene rings is 1. The lowest BCUT2D eigenvalue weighted by Gasteiger charge is -1.98. The van der Waals surface area contributed by atoms with E-state index in [1.807, 2.05) is 0 Å². The van der Waals surface area contributed by atoms with Crippen molar-refractivity contribution in [1.29, 1.82) is 0 Å². The van der Waals surface area contributed by atoms with Gasteiger partial charge >= 0.3 is 0 Å². The maximum Gasteiger partial charge on any atom is 0.292 e. The van der Waals surface area contributed by atoms with Gasteiger partial charge in [-0.05, 0) is 24.3 Å². The lowest BCUT2D eigenvalue weighted by Crippen LogP contribution is -1.96. The summed E-state index contributed by atoms with van der Waals surface area (Å²) in [5.41, 5.74) is 1.09. The predicted molar refractivity (Wildman–Crippen MR) is 81.9 cm³/mol. The molecule has 23 heavy (non-hydrogen) atoms. The molecule has 3 rings (SSSR count). The maximum absolute atomic E-state index is 11.8. The highest BCUT2D eigenvalue weighted by Crippen LogP contribution is 2.27. The topological polar surface area (TPSA) is 129 Å². The van der Waals surface area contributed by atoms with E-state index in [2.05, 4.69) is 25.4 Å². The van der Waals surface area contributed by atoms with Gasteiger partial charge in [0, 0.05) is 23.9 Å². The van der Waals surface area contributed by atoms with Crippen molar-refractivity contribution in [3.05, 3.63) is 69.3 Å². The number of non-ortho nitro benzene ring substituents is 1. The molecule has 9 nitrogen and oxygen atoms in total. The van der Waals surface area contributed by atoms with E-state index in [4.69, 9.17) is 0 Å². The van der Waals surface area contributed by atoms with E-state index in [1.165, 1.54) is 30.5 Å². The molecule has 3 aromatic rings. The van der Waals surface area contributed by atoms with Gasteiger partial charge in [0.25, 0.3) is 11.2 Å². The van der Waals surface area contributed by atoms with Crippen LogP contribution in [0.4, 0.5) is 17.1 Å². The van der Waals surface area contributed by atoms with Crippen molar-refractivity contribution in [3.8, 4) is 11.3 Å². The van der Waals surface area contributed by atoms with E-state index in [0.717, 1.165) is 0 Å². The van der Waals surface area contributed by atoms with E-state index < -0.39 is 10.5 Å². The fourth-order valence-electron chi connectivity index (χ4n) is 1.93. The molecule has 0 atom stereocenters. The standard InChI is InChI=1S/C14H10N6O3/c21-14-13(18-16-10-2-1-7-15-8-10)12(17-19-14)9-3-5-11(6-4-9)20(22)23/h1-8H,(H2,17,19,21). The summed E-state index contributed by atoms with van der Waals surface area (Å²) in [6.45, 7) is 0. The molecule has 0 saturated carbocycles. The largest absolute Gasteiger partial charge is 0.295 e. The first-order chi connectivity index (χ1) is 11.1. The number of nitrogens with zero attached hydrogens (tertiary/aromatic N) is 4. The van der Waals surface area contributed by atoms with Gasteiger partial charge in [-0.2, -0.15) is 0 Å². The summed E-state index contributed by atoms with van der Waals surface area (Å²) >= 11 is 0. The first-order valence-corrected chi connectivity index (χ1v) is 6.52. The Morgan fingerprint density at radius 3 is 2.52 bits per heavy atom. The number of nitrogens with one attached hydrogen (secondary N) is 2. The maximum atomic E-state index is 11.8. The van der Waals surface area contributed by atoms with Crippen LogP contribution < -0.4 is 5.56 Å². The van der Waals surface area contributed by atoms with Gasteiger partial charge < -0.3 is 0 Å². The zero-order chi connectivity index (χ0) is 16.2. The first kappa shape index (κ1) is 14.3. The highest BCUT2D eigenvalue weighted by molar-refractivity contribution is 5.71. The number of aromatic amines is 2. The predicted octanol–water partition coefficient (Wildman–Crippen LogP) is 3.09. The molecule has 0 bridgehead atoms. The van der Waals surface area contributed by atoms with Gasteiger partial charge in [-0.3, -0.25) is 30.1 Å². The summed E-state index contributed by atoms with van der Waals surface area (Å²) in [6, 6.07) is 9.15. The summed E-state index contributed by atoms with van der Waals surface area (Å²) < 4.78 is 0. The summed E-state index contributed by atoms with van der Waals surface area (Å²) in [6.07, 6.45) is 3.11. The van der Waals surface area contributed by atoms with Crippen molar-refractivity contribution in [3.63, 3.8) is 0 Å². The molecule has 2 aromatic heterocycles. The molecule has 0 radical (unpaired) electrons. The third-order valence-corrected chi connectivity index (χ3v) is 3.03. The zero-order valence-corrected chi connectivity index (χ0v) is 11.6. The number of nitro groups is 1. The van der Waals surface area contributed by atoms with Crippen LogP contribution in [-0.4, -0.2) is 20.1 Å². The van der Waals surface area contributed by atoms with Crippen LogP contribution in [0.15, 0.2) is 63.8 Å². The van der Waals surface area contributed by atoms with Crippen molar-refractivity contribution in [1.82, 2.24) is 15.2 Å². The average molecular weight is 310 g/mol. The number of hydrogen-bond acceptors (Lipinski definition) is 6.